The zero-order chi connectivity index (χ0) is 15.5. The van der Waals surface area contributed by atoms with Crippen LogP contribution in [0.1, 0.15) is 18.4 Å². The largest absolute Gasteiger partial charge is 0.497 e. The predicted molar refractivity (Wildman–Crippen MR) is 82.0 cm³/mol. The fraction of sp³-hybridized carbons (Fsp3) is 0.588. The Morgan fingerprint density at radius 1 is 1.36 bits per heavy atom. The van der Waals surface area contributed by atoms with E-state index in [1.54, 1.807) is 14.2 Å². The van der Waals surface area contributed by atoms with Gasteiger partial charge in [0, 0.05) is 20.3 Å². The Bertz CT molecular complexity index is 533. The summed E-state index contributed by atoms with van der Waals surface area (Å²) in [5, 5.41) is 0. The fourth-order valence-corrected chi connectivity index (χ4v) is 3.51. The van der Waals surface area contributed by atoms with Gasteiger partial charge in [-0.3, -0.25) is 4.79 Å². The summed E-state index contributed by atoms with van der Waals surface area (Å²) in [5.41, 5.74) is 0.980. The molecular formula is C17H23NO4. The lowest BCUT2D eigenvalue weighted by atomic mass is 9.95. The average molecular weight is 305 g/mol. The smallest absolute Gasteiger partial charge is 0.227 e. The van der Waals surface area contributed by atoms with Crippen molar-refractivity contribution in [2.45, 2.75) is 37.5 Å². The topological polar surface area (TPSA) is 48.0 Å². The molecule has 2 aliphatic rings. The molecule has 0 unspecified atom stereocenters. The fourth-order valence-electron chi connectivity index (χ4n) is 3.51. The minimum atomic E-state index is 0.0213. The van der Waals surface area contributed by atoms with Crippen molar-refractivity contribution in [3.05, 3.63) is 29.8 Å². The van der Waals surface area contributed by atoms with E-state index in [1.165, 1.54) is 0 Å². The number of ether oxygens (including phenoxy) is 3. The van der Waals surface area contributed by atoms with Gasteiger partial charge in [-0.15, -0.1) is 0 Å². The third kappa shape index (κ3) is 2.96. The van der Waals surface area contributed by atoms with Crippen LogP contribution in [0.3, 0.4) is 0 Å². The standard InChI is InChI=1S/C17H23NO4/c1-20-13-5-3-4-12(10-13)11-16(19)18-8-6-15(21-2)17-14(18)7-9-22-17/h3-5,10,14-15,17H,6-9,11H2,1-2H3/t14-,15-,17-/m0/s1. The van der Waals surface area contributed by atoms with Crippen LogP contribution in [0.25, 0.3) is 0 Å². The summed E-state index contributed by atoms with van der Waals surface area (Å²) >= 11 is 0. The van der Waals surface area contributed by atoms with Crippen molar-refractivity contribution in [2.24, 2.45) is 0 Å². The quantitative estimate of drug-likeness (QED) is 0.848. The van der Waals surface area contributed by atoms with E-state index in [0.29, 0.717) is 13.0 Å². The van der Waals surface area contributed by atoms with Crippen LogP contribution in [0, 0.1) is 0 Å². The van der Waals surface area contributed by atoms with Gasteiger partial charge >= 0.3 is 0 Å². The third-order valence-corrected chi connectivity index (χ3v) is 4.64. The molecule has 2 heterocycles. The van der Waals surface area contributed by atoms with Gasteiger partial charge in [0.1, 0.15) is 11.9 Å². The zero-order valence-electron chi connectivity index (χ0n) is 13.2. The number of carbonyl (C=O) groups excluding carboxylic acids is 1. The molecule has 5 heteroatoms. The minimum absolute atomic E-state index is 0.0213. The van der Waals surface area contributed by atoms with E-state index in [-0.39, 0.29) is 24.2 Å². The molecule has 22 heavy (non-hydrogen) atoms. The highest BCUT2D eigenvalue weighted by atomic mass is 16.5. The number of nitrogens with zero attached hydrogens (tertiary/aromatic N) is 1. The van der Waals surface area contributed by atoms with E-state index in [0.717, 1.165) is 30.7 Å². The third-order valence-electron chi connectivity index (χ3n) is 4.64. The van der Waals surface area contributed by atoms with E-state index in [4.69, 9.17) is 14.2 Å². The molecule has 0 saturated carbocycles. The van der Waals surface area contributed by atoms with Crippen LogP contribution in [-0.4, -0.2) is 56.4 Å². The molecule has 1 aromatic rings. The van der Waals surface area contributed by atoms with Crippen molar-refractivity contribution in [1.82, 2.24) is 4.90 Å². The van der Waals surface area contributed by atoms with Gasteiger partial charge in [0.25, 0.3) is 0 Å². The Labute approximate surface area is 131 Å². The SMILES string of the molecule is COc1cccc(CC(=O)N2CC[C@H](OC)[C@H]3OCC[C@@H]32)c1. The van der Waals surface area contributed by atoms with Crippen LogP contribution < -0.4 is 4.74 Å². The van der Waals surface area contributed by atoms with Gasteiger partial charge in [0.15, 0.2) is 0 Å². The van der Waals surface area contributed by atoms with Crippen LogP contribution in [0.4, 0.5) is 0 Å². The van der Waals surface area contributed by atoms with E-state index in [2.05, 4.69) is 0 Å². The highest BCUT2D eigenvalue weighted by molar-refractivity contribution is 5.79. The van der Waals surface area contributed by atoms with Gasteiger partial charge < -0.3 is 19.1 Å². The molecule has 2 fully saturated rings. The highest BCUT2D eigenvalue weighted by Crippen LogP contribution is 2.30. The van der Waals surface area contributed by atoms with Gasteiger partial charge in [-0.25, -0.2) is 0 Å². The number of hydrogen-bond acceptors (Lipinski definition) is 4. The normalized spacial score (nSPS) is 27.5. The highest BCUT2D eigenvalue weighted by Gasteiger charge is 2.44. The monoisotopic (exact) mass is 305 g/mol. The molecule has 3 atom stereocenters. The molecule has 0 bridgehead atoms. The van der Waals surface area contributed by atoms with E-state index >= 15 is 0 Å². The molecule has 1 aromatic carbocycles. The Morgan fingerprint density at radius 3 is 3.00 bits per heavy atom. The van der Waals surface area contributed by atoms with Crippen molar-refractivity contribution in [3.8, 4) is 5.75 Å². The second-order valence-corrected chi connectivity index (χ2v) is 5.87. The maximum Gasteiger partial charge on any atom is 0.227 e. The van der Waals surface area contributed by atoms with Crippen LogP contribution >= 0.6 is 0 Å². The van der Waals surface area contributed by atoms with Crippen molar-refractivity contribution >= 4 is 5.91 Å². The summed E-state index contributed by atoms with van der Waals surface area (Å²) < 4.78 is 16.5. The van der Waals surface area contributed by atoms with Crippen LogP contribution in [0.2, 0.25) is 0 Å². The molecular weight excluding hydrogens is 282 g/mol. The van der Waals surface area contributed by atoms with E-state index < -0.39 is 0 Å². The van der Waals surface area contributed by atoms with Gasteiger partial charge in [0.05, 0.1) is 25.7 Å². The molecule has 2 aliphatic heterocycles. The summed E-state index contributed by atoms with van der Waals surface area (Å²) in [7, 11) is 3.36. The summed E-state index contributed by atoms with van der Waals surface area (Å²) in [4.78, 5) is 14.7. The number of piperidine rings is 1. The molecule has 5 nitrogen and oxygen atoms in total. The molecule has 0 radical (unpaired) electrons. The summed E-state index contributed by atoms with van der Waals surface area (Å²) in [6.07, 6.45) is 2.26. The number of carbonyl (C=O) groups is 1. The zero-order valence-corrected chi connectivity index (χ0v) is 13.2. The van der Waals surface area contributed by atoms with Crippen molar-refractivity contribution in [3.63, 3.8) is 0 Å². The summed E-state index contributed by atoms with van der Waals surface area (Å²) in [6, 6.07) is 7.84. The number of benzene rings is 1. The maximum absolute atomic E-state index is 12.7. The first-order valence-electron chi connectivity index (χ1n) is 7.79. The van der Waals surface area contributed by atoms with Crippen molar-refractivity contribution in [2.75, 3.05) is 27.4 Å². The van der Waals surface area contributed by atoms with Crippen LogP contribution in [0.5, 0.6) is 5.75 Å². The lowest BCUT2D eigenvalue weighted by Crippen LogP contribution is -2.55. The predicted octanol–water partition coefficient (Wildman–Crippen LogP) is 1.64. The second-order valence-electron chi connectivity index (χ2n) is 5.87. The first-order chi connectivity index (χ1) is 10.7. The first kappa shape index (κ1) is 15.3. The molecule has 3 rings (SSSR count). The van der Waals surface area contributed by atoms with Crippen molar-refractivity contribution in [1.29, 1.82) is 0 Å². The van der Waals surface area contributed by atoms with Crippen LogP contribution in [-0.2, 0) is 20.7 Å². The van der Waals surface area contributed by atoms with Gasteiger partial charge in [-0.1, -0.05) is 12.1 Å². The number of amides is 1. The Balaban J connectivity index is 1.69. The Kier molecular flexibility index (Phi) is 4.64. The lowest BCUT2D eigenvalue weighted by molar-refractivity contribution is -0.142. The number of fused-ring (bicyclic) bond motifs is 1. The Morgan fingerprint density at radius 2 is 2.23 bits per heavy atom. The molecule has 2 saturated heterocycles. The lowest BCUT2D eigenvalue weighted by Gasteiger charge is -2.40. The Hall–Kier alpha value is -1.59. The van der Waals surface area contributed by atoms with Gasteiger partial charge in [0.2, 0.25) is 5.91 Å². The summed E-state index contributed by atoms with van der Waals surface area (Å²) in [5.74, 6) is 0.939. The van der Waals surface area contributed by atoms with Gasteiger partial charge in [-0.2, -0.15) is 0 Å². The van der Waals surface area contributed by atoms with Crippen molar-refractivity contribution < 1.29 is 19.0 Å². The van der Waals surface area contributed by atoms with E-state index in [1.807, 2.05) is 29.2 Å². The second kappa shape index (κ2) is 6.67. The molecule has 0 aromatic heterocycles. The molecule has 1 amide bonds. The molecule has 0 spiro atoms. The number of methoxy groups -OCH3 is 2. The summed E-state index contributed by atoms with van der Waals surface area (Å²) in [6.45, 7) is 1.45. The minimum Gasteiger partial charge on any atom is -0.497 e. The first-order valence-corrected chi connectivity index (χ1v) is 7.79. The maximum atomic E-state index is 12.7. The molecule has 120 valence electrons. The van der Waals surface area contributed by atoms with Crippen LogP contribution in [0.15, 0.2) is 24.3 Å². The number of rotatable bonds is 4. The average Bonchev–Trinajstić information content (AvgIpc) is 3.03. The van der Waals surface area contributed by atoms with Gasteiger partial charge in [-0.05, 0) is 30.5 Å². The van der Waals surface area contributed by atoms with E-state index in [9.17, 15) is 4.79 Å². The molecule has 0 aliphatic carbocycles. The number of hydrogen-bond donors (Lipinski definition) is 0. The molecule has 0 N–H and O–H groups in total. The number of likely N-dealkylation sites (tertiary alicyclic amines) is 1.